The summed E-state index contributed by atoms with van der Waals surface area (Å²) in [6.45, 7) is 2.59. The van der Waals surface area contributed by atoms with Crippen molar-refractivity contribution in [2.45, 2.75) is 109 Å². The van der Waals surface area contributed by atoms with E-state index in [1.54, 1.807) is 0 Å². The zero-order valence-electron chi connectivity index (χ0n) is 17.5. The Labute approximate surface area is 166 Å². The highest BCUT2D eigenvalue weighted by molar-refractivity contribution is 5.86. The summed E-state index contributed by atoms with van der Waals surface area (Å²) < 4.78 is 0. The molecule has 0 saturated carbocycles. The molecule has 0 heterocycles. The second-order valence-corrected chi connectivity index (χ2v) is 7.43. The monoisotopic (exact) mass is 381 g/mol. The predicted octanol–water partition coefficient (Wildman–Crippen LogP) is 4.34. The van der Waals surface area contributed by atoms with Crippen molar-refractivity contribution in [1.29, 1.82) is 0 Å². The van der Waals surface area contributed by atoms with Gasteiger partial charge in [0.15, 0.2) is 0 Å². The van der Waals surface area contributed by atoms with Crippen molar-refractivity contribution in [3.8, 4) is 0 Å². The van der Waals surface area contributed by atoms with Crippen LogP contribution >= 0.6 is 0 Å². The van der Waals surface area contributed by atoms with Crippen LogP contribution in [0.15, 0.2) is 12.2 Å². The molecule has 0 rings (SSSR count). The molecule has 2 amide bonds. The van der Waals surface area contributed by atoms with E-state index >= 15 is 0 Å². The van der Waals surface area contributed by atoms with Crippen molar-refractivity contribution >= 4 is 11.8 Å². The summed E-state index contributed by atoms with van der Waals surface area (Å²) in [5.41, 5.74) is 10.7. The summed E-state index contributed by atoms with van der Waals surface area (Å²) in [5.74, 6) is -0.622. The van der Waals surface area contributed by atoms with E-state index in [9.17, 15) is 9.59 Å². The molecule has 0 aliphatic rings. The number of amides is 2. The van der Waals surface area contributed by atoms with Gasteiger partial charge in [-0.1, -0.05) is 70.4 Å². The number of hydrogen-bond acceptors (Lipinski definition) is 3. The van der Waals surface area contributed by atoms with Gasteiger partial charge in [-0.2, -0.15) is 0 Å². The fourth-order valence-corrected chi connectivity index (χ4v) is 3.08. The Bertz CT molecular complexity index is 397. The topological polar surface area (TPSA) is 98.2 Å². The zero-order valence-corrected chi connectivity index (χ0v) is 17.5. The van der Waals surface area contributed by atoms with E-state index in [0.717, 1.165) is 25.7 Å². The molecule has 0 aliphatic carbocycles. The number of hydrogen-bond donors (Lipinski definition) is 3. The minimum Gasteiger partial charge on any atom is -0.368 e. The predicted molar refractivity (Wildman–Crippen MR) is 114 cm³/mol. The Kier molecular flexibility index (Phi) is 18.4. The normalized spacial score (nSPS) is 12.4. The summed E-state index contributed by atoms with van der Waals surface area (Å²) in [5, 5.41) is 2.66. The number of carbonyl (C=O) groups excluding carboxylic acids is 2. The van der Waals surface area contributed by atoms with Crippen LogP contribution in [0, 0.1) is 0 Å². The molecule has 1 atom stereocenters. The molecule has 0 fully saturated rings. The molecule has 5 N–H and O–H groups in total. The number of carbonyl (C=O) groups is 2. The van der Waals surface area contributed by atoms with Crippen molar-refractivity contribution in [2.24, 2.45) is 11.5 Å². The maximum atomic E-state index is 11.8. The van der Waals surface area contributed by atoms with E-state index in [1.807, 2.05) is 0 Å². The van der Waals surface area contributed by atoms with Gasteiger partial charge in [-0.05, 0) is 45.1 Å². The lowest BCUT2D eigenvalue weighted by atomic mass is 10.1. The fraction of sp³-hybridized carbons (Fsp3) is 0.818. The first-order valence-corrected chi connectivity index (χ1v) is 11.1. The highest BCUT2D eigenvalue weighted by atomic mass is 16.2. The van der Waals surface area contributed by atoms with Crippen LogP contribution in [0.3, 0.4) is 0 Å². The van der Waals surface area contributed by atoms with Crippen LogP contribution in [0.2, 0.25) is 0 Å². The van der Waals surface area contributed by atoms with Crippen LogP contribution in [-0.4, -0.2) is 24.4 Å². The van der Waals surface area contributed by atoms with Gasteiger partial charge in [0.2, 0.25) is 11.8 Å². The molecular weight excluding hydrogens is 338 g/mol. The van der Waals surface area contributed by atoms with Crippen LogP contribution in [-0.2, 0) is 9.59 Å². The van der Waals surface area contributed by atoms with Crippen LogP contribution < -0.4 is 16.8 Å². The van der Waals surface area contributed by atoms with Gasteiger partial charge < -0.3 is 16.8 Å². The number of nitrogens with one attached hydrogen (secondary N) is 1. The van der Waals surface area contributed by atoms with Gasteiger partial charge in [-0.3, -0.25) is 9.59 Å². The molecule has 0 aromatic rings. The number of nitrogens with two attached hydrogens (primary N) is 2. The molecule has 158 valence electrons. The molecule has 0 aliphatic heterocycles. The van der Waals surface area contributed by atoms with Gasteiger partial charge in [0.05, 0.1) is 0 Å². The molecule has 0 saturated heterocycles. The average Bonchev–Trinajstić information content (AvgIpc) is 2.64. The first-order chi connectivity index (χ1) is 13.1. The molecule has 0 radical (unpaired) electrons. The van der Waals surface area contributed by atoms with E-state index in [1.165, 1.54) is 57.8 Å². The fourth-order valence-electron chi connectivity index (χ4n) is 3.08. The van der Waals surface area contributed by atoms with Gasteiger partial charge in [0.1, 0.15) is 6.04 Å². The third kappa shape index (κ3) is 17.8. The number of primary amides is 1. The number of rotatable bonds is 19. The molecule has 0 aromatic heterocycles. The smallest absolute Gasteiger partial charge is 0.240 e. The summed E-state index contributed by atoms with van der Waals surface area (Å²) in [7, 11) is 0. The van der Waals surface area contributed by atoms with Gasteiger partial charge in [0.25, 0.3) is 0 Å². The molecule has 5 heteroatoms. The molecule has 27 heavy (non-hydrogen) atoms. The van der Waals surface area contributed by atoms with E-state index in [2.05, 4.69) is 24.4 Å². The van der Waals surface area contributed by atoms with E-state index in [4.69, 9.17) is 11.5 Å². The SMILES string of the molecule is CCCCCCCCC=CCCCCCCCC(=O)N[C@@H](CCN)C(N)=O. The summed E-state index contributed by atoms with van der Waals surface area (Å²) in [6.07, 6.45) is 21.5. The lowest BCUT2D eigenvalue weighted by Crippen LogP contribution is -2.45. The van der Waals surface area contributed by atoms with Gasteiger partial charge in [0, 0.05) is 6.42 Å². The van der Waals surface area contributed by atoms with Crippen molar-refractivity contribution in [3.63, 3.8) is 0 Å². The molecule has 0 aromatic carbocycles. The average molecular weight is 382 g/mol. The summed E-state index contributed by atoms with van der Waals surface area (Å²) in [6, 6.07) is -0.634. The van der Waals surface area contributed by atoms with Crippen molar-refractivity contribution < 1.29 is 9.59 Å². The van der Waals surface area contributed by atoms with Crippen molar-refractivity contribution in [1.82, 2.24) is 5.32 Å². The maximum Gasteiger partial charge on any atom is 0.240 e. The van der Waals surface area contributed by atoms with Crippen LogP contribution in [0.4, 0.5) is 0 Å². The van der Waals surface area contributed by atoms with E-state index in [-0.39, 0.29) is 5.91 Å². The summed E-state index contributed by atoms with van der Waals surface area (Å²) in [4.78, 5) is 23.0. The van der Waals surface area contributed by atoms with Crippen LogP contribution in [0.1, 0.15) is 103 Å². The second-order valence-electron chi connectivity index (χ2n) is 7.43. The first-order valence-electron chi connectivity index (χ1n) is 11.1. The molecule has 0 unspecified atom stereocenters. The Balaban J connectivity index is 3.42. The number of unbranched alkanes of at least 4 members (excludes halogenated alkanes) is 11. The Morgan fingerprint density at radius 2 is 1.37 bits per heavy atom. The quantitative estimate of drug-likeness (QED) is 0.229. The Morgan fingerprint density at radius 3 is 1.89 bits per heavy atom. The lowest BCUT2D eigenvalue weighted by Gasteiger charge is -2.14. The van der Waals surface area contributed by atoms with Crippen LogP contribution in [0.5, 0.6) is 0 Å². The highest BCUT2D eigenvalue weighted by Gasteiger charge is 2.16. The zero-order chi connectivity index (χ0) is 20.2. The Morgan fingerprint density at radius 1 is 0.852 bits per heavy atom. The molecular formula is C22H43N3O2. The Hall–Kier alpha value is -1.36. The van der Waals surface area contributed by atoms with E-state index < -0.39 is 11.9 Å². The molecule has 0 spiro atoms. The summed E-state index contributed by atoms with van der Waals surface area (Å²) >= 11 is 0. The maximum absolute atomic E-state index is 11.8. The highest BCUT2D eigenvalue weighted by Crippen LogP contribution is 2.10. The van der Waals surface area contributed by atoms with Crippen molar-refractivity contribution in [3.05, 3.63) is 12.2 Å². The largest absolute Gasteiger partial charge is 0.368 e. The third-order valence-corrected chi connectivity index (χ3v) is 4.80. The van der Waals surface area contributed by atoms with Crippen LogP contribution in [0.25, 0.3) is 0 Å². The number of allylic oxidation sites excluding steroid dienone is 2. The molecule has 0 bridgehead atoms. The first kappa shape index (κ1) is 25.6. The minimum absolute atomic E-state index is 0.107. The standard InChI is InChI=1S/C22H43N3O2/c1-2-3-4-5-6-7-8-9-10-11-12-13-14-15-16-17-21(26)25-20(18-19-23)22(24)27/h9-10,20H,2-8,11-19,23H2,1H3,(H2,24,27)(H,25,26)/t20-/m0/s1. The molecule has 5 nitrogen and oxygen atoms in total. The van der Waals surface area contributed by atoms with Gasteiger partial charge in [-0.25, -0.2) is 0 Å². The third-order valence-electron chi connectivity index (χ3n) is 4.80. The van der Waals surface area contributed by atoms with Gasteiger partial charge in [-0.15, -0.1) is 0 Å². The lowest BCUT2D eigenvalue weighted by molar-refractivity contribution is -0.127. The second kappa shape index (κ2) is 19.4. The van der Waals surface area contributed by atoms with Crippen molar-refractivity contribution in [2.75, 3.05) is 6.54 Å². The minimum atomic E-state index is -0.634. The van der Waals surface area contributed by atoms with E-state index in [0.29, 0.717) is 19.4 Å². The van der Waals surface area contributed by atoms with Gasteiger partial charge >= 0.3 is 0 Å².